The Labute approximate surface area is 121 Å². The smallest absolute Gasteiger partial charge is 0.0820 e. The van der Waals surface area contributed by atoms with Crippen molar-refractivity contribution >= 4 is 11.6 Å². The van der Waals surface area contributed by atoms with Crippen molar-refractivity contribution in [1.82, 2.24) is 15.1 Å². The first kappa shape index (κ1) is 14.9. The maximum atomic E-state index is 6.37. The lowest BCUT2D eigenvalue weighted by molar-refractivity contribution is 0.187. The van der Waals surface area contributed by atoms with Crippen molar-refractivity contribution in [3.05, 3.63) is 16.9 Å². The fourth-order valence-corrected chi connectivity index (χ4v) is 3.86. The molecule has 0 saturated heterocycles. The van der Waals surface area contributed by atoms with Crippen LogP contribution in [0.15, 0.2) is 6.20 Å². The van der Waals surface area contributed by atoms with Crippen molar-refractivity contribution in [1.29, 1.82) is 0 Å². The topological polar surface area (TPSA) is 29.9 Å². The minimum atomic E-state index is 0.536. The van der Waals surface area contributed by atoms with Gasteiger partial charge >= 0.3 is 0 Å². The highest BCUT2D eigenvalue weighted by Gasteiger charge is 2.35. The molecule has 2 rings (SSSR count). The summed E-state index contributed by atoms with van der Waals surface area (Å²) in [6.45, 7) is 5.74. The molecule has 1 heterocycles. The Bertz CT molecular complexity index is 394. The van der Waals surface area contributed by atoms with Gasteiger partial charge in [0.1, 0.15) is 0 Å². The van der Waals surface area contributed by atoms with Crippen molar-refractivity contribution in [2.24, 2.45) is 24.8 Å². The fraction of sp³-hybridized carbons (Fsp3) is 0.800. The van der Waals surface area contributed by atoms with Gasteiger partial charge in [0.2, 0.25) is 0 Å². The van der Waals surface area contributed by atoms with Gasteiger partial charge in [0.05, 0.1) is 16.9 Å². The Balaban J connectivity index is 2.25. The first-order valence-corrected chi connectivity index (χ1v) is 7.74. The summed E-state index contributed by atoms with van der Waals surface area (Å²) in [6, 6.07) is 0. The van der Waals surface area contributed by atoms with E-state index in [9.17, 15) is 0 Å². The van der Waals surface area contributed by atoms with E-state index in [0.717, 1.165) is 23.4 Å². The third kappa shape index (κ3) is 3.14. The van der Waals surface area contributed by atoms with E-state index in [4.69, 9.17) is 11.6 Å². The molecule has 0 aliphatic heterocycles. The Morgan fingerprint density at radius 2 is 2.21 bits per heavy atom. The van der Waals surface area contributed by atoms with E-state index in [2.05, 4.69) is 24.3 Å². The standard InChI is InChI=1S/C15H26ClN3/c1-10(2)11-5-6-12(8-17-3)13(7-11)15-14(16)9-18-19(15)4/h9-13,17H,5-8H2,1-4H3. The highest BCUT2D eigenvalue weighted by atomic mass is 35.5. The molecule has 0 aromatic carbocycles. The lowest BCUT2D eigenvalue weighted by Gasteiger charge is -2.38. The number of nitrogens with one attached hydrogen (secondary N) is 1. The Kier molecular flexibility index (Phi) is 4.91. The summed E-state index contributed by atoms with van der Waals surface area (Å²) in [5.74, 6) is 2.77. The van der Waals surface area contributed by atoms with Gasteiger partial charge in [-0.2, -0.15) is 5.10 Å². The molecule has 108 valence electrons. The summed E-state index contributed by atoms with van der Waals surface area (Å²) in [7, 11) is 4.05. The SMILES string of the molecule is CNCC1CCC(C(C)C)CC1c1c(Cl)cnn1C. The normalized spacial score (nSPS) is 28.0. The predicted octanol–water partition coefficient (Wildman–Crippen LogP) is 3.45. The van der Waals surface area contributed by atoms with E-state index in [0.29, 0.717) is 11.8 Å². The Hall–Kier alpha value is -0.540. The molecule has 0 spiro atoms. The average Bonchev–Trinajstić information content (AvgIpc) is 2.70. The van der Waals surface area contributed by atoms with E-state index in [1.807, 2.05) is 18.8 Å². The molecule has 3 atom stereocenters. The molecule has 19 heavy (non-hydrogen) atoms. The second-order valence-electron chi connectivity index (χ2n) is 6.24. The summed E-state index contributed by atoms with van der Waals surface area (Å²) >= 11 is 6.37. The van der Waals surface area contributed by atoms with Crippen LogP contribution in [0.3, 0.4) is 0 Å². The highest BCUT2D eigenvalue weighted by molar-refractivity contribution is 6.31. The van der Waals surface area contributed by atoms with Crippen molar-refractivity contribution in [3.8, 4) is 0 Å². The number of hydrogen-bond acceptors (Lipinski definition) is 2. The molecule has 1 aliphatic carbocycles. The van der Waals surface area contributed by atoms with E-state index < -0.39 is 0 Å². The number of halogens is 1. The molecule has 4 heteroatoms. The van der Waals surface area contributed by atoms with Crippen molar-refractivity contribution in [3.63, 3.8) is 0 Å². The Morgan fingerprint density at radius 3 is 2.74 bits per heavy atom. The molecule has 0 radical (unpaired) electrons. The van der Waals surface area contributed by atoms with Crippen LogP contribution in [0.25, 0.3) is 0 Å². The third-order valence-electron chi connectivity index (χ3n) is 4.73. The van der Waals surface area contributed by atoms with Crippen LogP contribution in [0, 0.1) is 17.8 Å². The Morgan fingerprint density at radius 1 is 1.47 bits per heavy atom. The number of aromatic nitrogens is 2. The van der Waals surface area contributed by atoms with E-state index in [1.165, 1.54) is 25.0 Å². The average molecular weight is 284 g/mol. The zero-order valence-corrected chi connectivity index (χ0v) is 13.2. The number of hydrogen-bond donors (Lipinski definition) is 1. The van der Waals surface area contributed by atoms with Crippen LogP contribution in [-0.4, -0.2) is 23.4 Å². The second-order valence-corrected chi connectivity index (χ2v) is 6.65. The van der Waals surface area contributed by atoms with E-state index >= 15 is 0 Å². The number of rotatable bonds is 4. The van der Waals surface area contributed by atoms with Crippen LogP contribution in [0.2, 0.25) is 5.02 Å². The first-order chi connectivity index (χ1) is 9.04. The van der Waals surface area contributed by atoms with Gasteiger partial charge < -0.3 is 5.32 Å². The molecular weight excluding hydrogens is 258 g/mol. The molecule has 1 aromatic rings. The van der Waals surface area contributed by atoms with Crippen LogP contribution >= 0.6 is 11.6 Å². The number of nitrogens with zero attached hydrogens (tertiary/aromatic N) is 2. The molecular formula is C15H26ClN3. The molecule has 1 aliphatic rings. The van der Waals surface area contributed by atoms with Crippen molar-refractivity contribution in [2.75, 3.05) is 13.6 Å². The molecule has 3 nitrogen and oxygen atoms in total. The van der Waals surface area contributed by atoms with Crippen LogP contribution in [0.5, 0.6) is 0 Å². The van der Waals surface area contributed by atoms with Crippen LogP contribution in [0.1, 0.15) is 44.7 Å². The molecule has 1 fully saturated rings. The molecule has 0 amide bonds. The minimum absolute atomic E-state index is 0.536. The number of aryl methyl sites for hydroxylation is 1. The van der Waals surface area contributed by atoms with Gasteiger partial charge in [-0.3, -0.25) is 4.68 Å². The maximum Gasteiger partial charge on any atom is 0.0820 e. The predicted molar refractivity (Wildman–Crippen MR) is 80.6 cm³/mol. The summed E-state index contributed by atoms with van der Waals surface area (Å²) in [5.41, 5.74) is 1.23. The summed E-state index contributed by atoms with van der Waals surface area (Å²) in [5, 5.41) is 8.49. The lowest BCUT2D eigenvalue weighted by atomic mass is 9.69. The highest BCUT2D eigenvalue weighted by Crippen LogP contribution is 2.44. The van der Waals surface area contributed by atoms with Crippen molar-refractivity contribution in [2.45, 2.75) is 39.0 Å². The van der Waals surface area contributed by atoms with Gasteiger partial charge in [-0.1, -0.05) is 25.4 Å². The molecule has 0 bridgehead atoms. The zero-order chi connectivity index (χ0) is 14.0. The summed E-state index contributed by atoms with van der Waals surface area (Å²) in [4.78, 5) is 0. The molecule has 1 aromatic heterocycles. The molecule has 3 unspecified atom stereocenters. The molecule has 1 N–H and O–H groups in total. The van der Waals surface area contributed by atoms with Gasteiger partial charge in [-0.25, -0.2) is 0 Å². The third-order valence-corrected chi connectivity index (χ3v) is 5.02. The zero-order valence-electron chi connectivity index (χ0n) is 12.5. The lowest BCUT2D eigenvalue weighted by Crippen LogP contribution is -2.33. The van der Waals surface area contributed by atoms with Crippen LogP contribution < -0.4 is 5.32 Å². The monoisotopic (exact) mass is 283 g/mol. The minimum Gasteiger partial charge on any atom is -0.319 e. The van der Waals surface area contributed by atoms with Gasteiger partial charge in [0.15, 0.2) is 0 Å². The molecule has 1 saturated carbocycles. The van der Waals surface area contributed by atoms with E-state index in [1.54, 1.807) is 6.20 Å². The quantitative estimate of drug-likeness (QED) is 0.917. The fourth-order valence-electron chi connectivity index (χ4n) is 3.55. The maximum absolute atomic E-state index is 6.37. The van der Waals surface area contributed by atoms with E-state index in [-0.39, 0.29) is 0 Å². The van der Waals surface area contributed by atoms with Gasteiger partial charge in [-0.15, -0.1) is 0 Å². The van der Waals surface area contributed by atoms with Crippen LogP contribution in [0.4, 0.5) is 0 Å². The summed E-state index contributed by atoms with van der Waals surface area (Å²) in [6.07, 6.45) is 5.65. The second kappa shape index (κ2) is 6.27. The van der Waals surface area contributed by atoms with Crippen molar-refractivity contribution < 1.29 is 0 Å². The van der Waals surface area contributed by atoms with Gasteiger partial charge in [0, 0.05) is 13.0 Å². The summed E-state index contributed by atoms with van der Waals surface area (Å²) < 4.78 is 1.97. The largest absolute Gasteiger partial charge is 0.319 e. The van der Waals surface area contributed by atoms with Gasteiger partial charge in [-0.05, 0) is 50.6 Å². The first-order valence-electron chi connectivity index (χ1n) is 7.36. The van der Waals surface area contributed by atoms with Crippen LogP contribution in [-0.2, 0) is 7.05 Å². The van der Waals surface area contributed by atoms with Gasteiger partial charge in [0.25, 0.3) is 0 Å².